The second kappa shape index (κ2) is 12.5. The number of rotatable bonds is 8. The number of fused-ring (bicyclic) bond motifs is 2. The molecule has 2 bridgehead atoms. The third-order valence-electron chi connectivity index (χ3n) is 8.72. The average Bonchev–Trinajstić information content (AvgIpc) is 3.54. The first-order chi connectivity index (χ1) is 21.3. The maximum atomic E-state index is 13.7. The number of nitrogens with one attached hydrogen (secondary N) is 1. The molecule has 2 saturated heterocycles. The van der Waals surface area contributed by atoms with Gasteiger partial charge in [0.25, 0.3) is 5.91 Å². The monoisotopic (exact) mass is 616 g/mol. The van der Waals surface area contributed by atoms with Gasteiger partial charge in [0.15, 0.2) is 0 Å². The molecule has 2 aromatic carbocycles. The molecule has 0 aliphatic carbocycles. The highest BCUT2D eigenvalue weighted by molar-refractivity contribution is 5.97. The lowest BCUT2D eigenvalue weighted by molar-refractivity contribution is 0.0123. The van der Waals surface area contributed by atoms with Gasteiger partial charge >= 0.3 is 12.1 Å². The van der Waals surface area contributed by atoms with Crippen molar-refractivity contribution in [3.63, 3.8) is 0 Å². The number of hydrogen-bond acceptors (Lipinski definition) is 6. The summed E-state index contributed by atoms with van der Waals surface area (Å²) in [4.78, 5) is 42.5. The van der Waals surface area contributed by atoms with Crippen LogP contribution in [0.1, 0.15) is 85.5 Å². The molecule has 0 radical (unpaired) electrons. The summed E-state index contributed by atoms with van der Waals surface area (Å²) in [6.07, 6.45) is 3.43. The molecule has 2 fully saturated rings. The molecule has 10 heteroatoms. The fraction of sp³-hybridized carbons (Fsp3) is 0.457. The number of ether oxygens (including phenoxy) is 2. The van der Waals surface area contributed by atoms with Gasteiger partial charge in [0.2, 0.25) is 0 Å². The highest BCUT2D eigenvalue weighted by atomic mass is 16.6. The molecular weight excluding hydrogens is 572 g/mol. The van der Waals surface area contributed by atoms with Crippen molar-refractivity contribution < 1.29 is 29.0 Å². The van der Waals surface area contributed by atoms with Crippen molar-refractivity contribution in [1.82, 2.24) is 14.8 Å². The van der Waals surface area contributed by atoms with Crippen LogP contribution in [0.2, 0.25) is 0 Å². The van der Waals surface area contributed by atoms with Crippen molar-refractivity contribution in [2.75, 3.05) is 25.1 Å². The van der Waals surface area contributed by atoms with Gasteiger partial charge in [0.1, 0.15) is 17.0 Å². The lowest BCUT2D eigenvalue weighted by Gasteiger charge is -2.42. The van der Waals surface area contributed by atoms with Crippen LogP contribution in [0.4, 0.5) is 10.5 Å². The van der Waals surface area contributed by atoms with E-state index in [1.807, 2.05) is 89.0 Å². The van der Waals surface area contributed by atoms with Crippen LogP contribution in [-0.4, -0.2) is 70.4 Å². The summed E-state index contributed by atoms with van der Waals surface area (Å²) in [5, 5.41) is 12.8. The van der Waals surface area contributed by atoms with E-state index in [1.54, 1.807) is 17.7 Å². The van der Waals surface area contributed by atoms with E-state index in [2.05, 4.69) is 10.2 Å². The molecule has 5 rings (SSSR count). The van der Waals surface area contributed by atoms with Crippen LogP contribution in [0, 0.1) is 6.92 Å². The van der Waals surface area contributed by atoms with E-state index in [0.29, 0.717) is 30.9 Å². The van der Waals surface area contributed by atoms with E-state index in [4.69, 9.17) is 9.47 Å². The molecule has 1 aromatic heterocycles. The Morgan fingerprint density at radius 2 is 1.71 bits per heavy atom. The number of carbonyl (C=O) groups excluding carboxylic acids is 2. The second-order valence-electron chi connectivity index (χ2n) is 13.1. The SMILES string of the molecule is CCn1cc(-c2cc(OC)cc([C@@H](C)NC(=O)c3cc(N4C[C@H]5CC[C@@H](C4)N5C(=O)OC(C)(C)C)ccc3C)c2)cc1C(=O)O. The number of carbonyl (C=O) groups is 3. The number of aromatic nitrogens is 1. The lowest BCUT2D eigenvalue weighted by atomic mass is 10.00. The van der Waals surface area contributed by atoms with E-state index >= 15 is 0 Å². The van der Waals surface area contributed by atoms with Crippen LogP contribution >= 0.6 is 0 Å². The molecule has 3 atom stereocenters. The normalized spacial score (nSPS) is 18.5. The van der Waals surface area contributed by atoms with Crippen molar-refractivity contribution in [3.05, 3.63) is 71.0 Å². The zero-order valence-corrected chi connectivity index (χ0v) is 27.2. The number of hydrogen-bond donors (Lipinski definition) is 2. The Kier molecular flexibility index (Phi) is 8.87. The summed E-state index contributed by atoms with van der Waals surface area (Å²) < 4.78 is 12.9. The lowest BCUT2D eigenvalue weighted by Crippen LogP contribution is -2.56. The zero-order chi connectivity index (χ0) is 32.6. The fourth-order valence-electron chi connectivity index (χ4n) is 6.40. The molecule has 0 spiro atoms. The van der Waals surface area contributed by atoms with Crippen LogP contribution in [0.3, 0.4) is 0 Å². The topological polar surface area (TPSA) is 113 Å². The van der Waals surface area contributed by atoms with Crippen molar-refractivity contribution in [1.29, 1.82) is 0 Å². The van der Waals surface area contributed by atoms with Gasteiger partial charge < -0.3 is 29.4 Å². The molecular formula is C35H44N4O6. The molecule has 0 unspecified atom stereocenters. The fourth-order valence-corrected chi connectivity index (χ4v) is 6.40. The Balaban J connectivity index is 1.33. The number of aryl methyl sites for hydroxylation is 2. The second-order valence-corrected chi connectivity index (χ2v) is 13.1. The van der Waals surface area contributed by atoms with Gasteiger partial charge in [-0.1, -0.05) is 6.07 Å². The predicted molar refractivity (Wildman–Crippen MR) is 173 cm³/mol. The Bertz CT molecular complexity index is 1590. The zero-order valence-electron chi connectivity index (χ0n) is 27.2. The molecule has 2 aliphatic heterocycles. The first kappa shape index (κ1) is 31.9. The maximum absolute atomic E-state index is 13.7. The Morgan fingerprint density at radius 1 is 1.02 bits per heavy atom. The number of amides is 2. The number of anilines is 1. The van der Waals surface area contributed by atoms with Gasteiger partial charge in [0.05, 0.1) is 25.2 Å². The third kappa shape index (κ3) is 6.79. The van der Waals surface area contributed by atoms with E-state index in [9.17, 15) is 19.5 Å². The van der Waals surface area contributed by atoms with Crippen LogP contribution in [0.5, 0.6) is 5.75 Å². The van der Waals surface area contributed by atoms with E-state index in [0.717, 1.165) is 40.8 Å². The summed E-state index contributed by atoms with van der Waals surface area (Å²) in [7, 11) is 1.58. The molecule has 10 nitrogen and oxygen atoms in total. The molecule has 3 heterocycles. The van der Waals surface area contributed by atoms with Gasteiger partial charge in [-0.15, -0.1) is 0 Å². The van der Waals surface area contributed by atoms with Crippen LogP contribution in [-0.2, 0) is 11.3 Å². The molecule has 45 heavy (non-hydrogen) atoms. The average molecular weight is 617 g/mol. The van der Waals surface area contributed by atoms with E-state index in [-0.39, 0.29) is 35.8 Å². The minimum Gasteiger partial charge on any atom is -0.497 e. The minimum atomic E-state index is -0.984. The number of carboxylic acids is 1. The third-order valence-corrected chi connectivity index (χ3v) is 8.72. The van der Waals surface area contributed by atoms with Crippen molar-refractivity contribution >= 4 is 23.7 Å². The van der Waals surface area contributed by atoms with Gasteiger partial charge in [-0.05, 0) is 107 Å². The quantitative estimate of drug-likeness (QED) is 0.307. The van der Waals surface area contributed by atoms with E-state index in [1.165, 1.54) is 0 Å². The summed E-state index contributed by atoms with van der Waals surface area (Å²) in [6.45, 7) is 13.3. The summed E-state index contributed by atoms with van der Waals surface area (Å²) in [5.74, 6) is -0.558. The molecule has 3 aromatic rings. The molecule has 2 aliphatic rings. The first-order valence-electron chi connectivity index (χ1n) is 15.6. The van der Waals surface area contributed by atoms with E-state index < -0.39 is 11.6 Å². The standard InChI is InChI=1S/C35H44N4O6/c1-8-37-18-25(16-31(37)33(41)42)24-13-23(14-29(15-24)44-7)22(3)36-32(40)30-17-26(10-9-21(30)2)38-19-27-11-12-28(20-38)39(27)34(43)45-35(4,5)6/h9-10,13-18,22,27-28H,8,11-12,19-20H2,1-7H3,(H,36,40)(H,41,42)/t22-,27-,28+/m1/s1. The summed E-state index contributed by atoms with van der Waals surface area (Å²) >= 11 is 0. The van der Waals surface area contributed by atoms with Crippen LogP contribution in [0.25, 0.3) is 11.1 Å². The summed E-state index contributed by atoms with van der Waals surface area (Å²) in [5.41, 5.74) is 4.49. The summed E-state index contributed by atoms with van der Waals surface area (Å²) in [6, 6.07) is 13.1. The maximum Gasteiger partial charge on any atom is 0.410 e. The highest BCUT2D eigenvalue weighted by Gasteiger charge is 2.44. The highest BCUT2D eigenvalue weighted by Crippen LogP contribution is 2.35. The van der Waals surface area contributed by atoms with Crippen molar-refractivity contribution in [2.45, 2.75) is 84.7 Å². The number of benzene rings is 2. The van der Waals surface area contributed by atoms with Gasteiger partial charge in [-0.25, -0.2) is 9.59 Å². The smallest absolute Gasteiger partial charge is 0.410 e. The molecule has 2 amide bonds. The van der Waals surface area contributed by atoms with Crippen LogP contribution < -0.4 is 15.0 Å². The van der Waals surface area contributed by atoms with Crippen molar-refractivity contribution in [3.8, 4) is 16.9 Å². The first-order valence-corrected chi connectivity index (χ1v) is 15.6. The largest absolute Gasteiger partial charge is 0.497 e. The molecule has 2 N–H and O–H groups in total. The Labute approximate surface area is 264 Å². The van der Waals surface area contributed by atoms with Crippen molar-refractivity contribution in [2.24, 2.45) is 0 Å². The van der Waals surface area contributed by atoms with Gasteiger partial charge in [-0.2, -0.15) is 0 Å². The molecule has 240 valence electrons. The number of nitrogens with zero attached hydrogens (tertiary/aromatic N) is 3. The predicted octanol–water partition coefficient (Wildman–Crippen LogP) is 6.27. The van der Waals surface area contributed by atoms with Gasteiger partial charge in [0, 0.05) is 42.6 Å². The van der Waals surface area contributed by atoms with Crippen LogP contribution in [0.15, 0.2) is 48.7 Å². The Hall–Kier alpha value is -4.47. The number of piperazine rings is 1. The molecule has 0 saturated carbocycles. The van der Waals surface area contributed by atoms with Gasteiger partial charge in [-0.3, -0.25) is 9.69 Å². The minimum absolute atomic E-state index is 0.0697. The Morgan fingerprint density at radius 3 is 2.29 bits per heavy atom. The number of aromatic carboxylic acids is 1. The number of methoxy groups -OCH3 is 1. The number of carboxylic acid groups (broad SMARTS) is 1.